The van der Waals surface area contributed by atoms with Crippen LogP contribution in [-0.2, 0) is 9.59 Å². The minimum Gasteiger partial charge on any atom is -0.479 e. The van der Waals surface area contributed by atoms with Crippen molar-refractivity contribution in [1.29, 1.82) is 0 Å². The lowest BCUT2D eigenvalue weighted by Crippen LogP contribution is -2.67. The van der Waals surface area contributed by atoms with Crippen LogP contribution in [0.15, 0.2) is 9.98 Å². The normalized spacial score (nSPS) is 22.8. The Morgan fingerprint density at radius 1 is 1.38 bits per heavy atom. The van der Waals surface area contributed by atoms with E-state index in [0.29, 0.717) is 5.01 Å². The lowest BCUT2D eigenvalue weighted by atomic mass is 9.94. The van der Waals surface area contributed by atoms with Gasteiger partial charge in [0, 0.05) is 14.1 Å². The fourth-order valence-electron chi connectivity index (χ4n) is 1.72. The van der Waals surface area contributed by atoms with Crippen LogP contribution in [0.5, 0.6) is 0 Å². The second kappa shape index (κ2) is 5.63. The number of aliphatic hydroxyl groups excluding tert-OH is 1. The third kappa shape index (κ3) is 2.79. The Bertz CT molecular complexity index is 518. The van der Waals surface area contributed by atoms with E-state index < -0.39 is 35.6 Å². The lowest BCUT2D eigenvalue weighted by Gasteiger charge is -2.37. The molecule has 21 heavy (non-hydrogen) atoms. The van der Waals surface area contributed by atoms with Crippen LogP contribution >= 0.6 is 0 Å². The summed E-state index contributed by atoms with van der Waals surface area (Å²) in [7, 11) is 3.11. The lowest BCUT2D eigenvalue weighted by molar-refractivity contribution is -0.173. The van der Waals surface area contributed by atoms with Crippen molar-refractivity contribution in [3.63, 3.8) is 0 Å². The number of amidine groups is 1. The molecule has 0 radical (unpaired) electrons. The maximum atomic E-state index is 11.3. The zero-order chi connectivity index (χ0) is 16.5. The second-order valence-corrected chi connectivity index (χ2v) is 4.59. The van der Waals surface area contributed by atoms with Crippen LogP contribution in [-0.4, -0.2) is 86.0 Å². The first-order valence-corrected chi connectivity index (χ1v) is 5.78. The van der Waals surface area contributed by atoms with Gasteiger partial charge in [-0.25, -0.2) is 30.4 Å². The summed E-state index contributed by atoms with van der Waals surface area (Å²) in [6, 6.07) is 0. The molecule has 3 unspecified atom stereocenters. The van der Waals surface area contributed by atoms with Crippen molar-refractivity contribution in [2.24, 2.45) is 15.8 Å². The van der Waals surface area contributed by atoms with Gasteiger partial charge in [0.15, 0.2) is 11.9 Å². The van der Waals surface area contributed by atoms with E-state index in [0.717, 1.165) is 0 Å². The van der Waals surface area contributed by atoms with E-state index in [9.17, 15) is 19.8 Å². The van der Waals surface area contributed by atoms with Crippen molar-refractivity contribution in [2.45, 2.75) is 24.8 Å². The van der Waals surface area contributed by atoms with E-state index in [1.807, 2.05) is 0 Å². The summed E-state index contributed by atoms with van der Waals surface area (Å²) in [5.74, 6) is 1.04. The van der Waals surface area contributed by atoms with Gasteiger partial charge in [-0.3, -0.25) is 0 Å². The Morgan fingerprint density at radius 3 is 2.29 bits per heavy atom. The van der Waals surface area contributed by atoms with Crippen LogP contribution in [0, 0.1) is 0 Å². The van der Waals surface area contributed by atoms with Gasteiger partial charge in [0.2, 0.25) is 5.96 Å². The van der Waals surface area contributed by atoms with Crippen molar-refractivity contribution in [1.82, 2.24) is 9.91 Å². The molecular formula is C10H17N5O6. The Kier molecular flexibility index (Phi) is 4.51. The highest BCUT2D eigenvalue weighted by molar-refractivity contribution is 6.16. The first-order valence-electron chi connectivity index (χ1n) is 5.78. The van der Waals surface area contributed by atoms with E-state index in [2.05, 4.69) is 9.98 Å². The Labute approximate surface area is 119 Å². The highest BCUT2D eigenvalue weighted by Gasteiger charge is 2.55. The Hall–Kier alpha value is -2.24. The molecule has 1 aliphatic heterocycles. The molecule has 0 fully saturated rings. The number of aliphatic carboxylic acids is 2. The number of hydrazine groups is 1. The number of carboxylic acids is 2. The van der Waals surface area contributed by atoms with Crippen LogP contribution in [0.25, 0.3) is 0 Å². The molecule has 11 nitrogen and oxygen atoms in total. The van der Waals surface area contributed by atoms with Gasteiger partial charge in [0.05, 0.1) is 0 Å². The minimum absolute atomic E-state index is 0.0461. The zero-order valence-corrected chi connectivity index (χ0v) is 11.6. The molecule has 0 bridgehead atoms. The van der Waals surface area contributed by atoms with Gasteiger partial charge in [0.1, 0.15) is 6.17 Å². The first kappa shape index (κ1) is 16.8. The predicted molar refractivity (Wildman–Crippen MR) is 70.3 cm³/mol. The van der Waals surface area contributed by atoms with Crippen LogP contribution in [0.3, 0.4) is 0 Å². The van der Waals surface area contributed by atoms with Crippen molar-refractivity contribution in [3.8, 4) is 0 Å². The Balaban J connectivity index is 3.39. The van der Waals surface area contributed by atoms with E-state index in [4.69, 9.17) is 16.1 Å². The number of hydrogen-bond donors (Lipinski definition) is 5. The number of hydrogen-bond acceptors (Lipinski definition) is 9. The van der Waals surface area contributed by atoms with Crippen LogP contribution in [0.4, 0.5) is 0 Å². The third-order valence-electron chi connectivity index (χ3n) is 2.75. The van der Waals surface area contributed by atoms with Gasteiger partial charge in [-0.1, -0.05) is 0 Å². The van der Waals surface area contributed by atoms with Crippen molar-refractivity contribution in [3.05, 3.63) is 0 Å². The number of rotatable bonds is 4. The number of carboxylic acid groups (broad SMARTS) is 2. The number of carbonyl (C=O) groups is 2. The minimum atomic E-state index is -3.22. The number of guanidine groups is 1. The van der Waals surface area contributed by atoms with Gasteiger partial charge >= 0.3 is 11.9 Å². The fourth-order valence-corrected chi connectivity index (χ4v) is 1.72. The van der Waals surface area contributed by atoms with Crippen LogP contribution in [0.2, 0.25) is 0 Å². The summed E-state index contributed by atoms with van der Waals surface area (Å²) >= 11 is 0. The van der Waals surface area contributed by atoms with Crippen LogP contribution in [0.1, 0.15) is 6.92 Å². The highest BCUT2D eigenvalue weighted by Crippen LogP contribution is 2.21. The van der Waals surface area contributed by atoms with Crippen LogP contribution < -0.4 is 5.84 Å². The Morgan fingerprint density at radius 2 is 1.90 bits per heavy atom. The van der Waals surface area contributed by atoms with E-state index >= 15 is 0 Å². The summed E-state index contributed by atoms with van der Waals surface area (Å²) in [6.45, 7) is 1.48. The number of aliphatic imine (C=N–C) groups is 2. The first-order chi connectivity index (χ1) is 9.53. The number of nitrogens with zero attached hydrogens (tertiary/aromatic N) is 4. The molecule has 6 N–H and O–H groups in total. The summed E-state index contributed by atoms with van der Waals surface area (Å²) in [5.41, 5.74) is -3.22. The largest absolute Gasteiger partial charge is 0.479 e. The van der Waals surface area contributed by atoms with Gasteiger partial charge in [-0.2, -0.15) is 0 Å². The topological polar surface area (TPSA) is 172 Å². The molecule has 0 aromatic carbocycles. The molecule has 0 aliphatic carbocycles. The van der Waals surface area contributed by atoms with E-state index in [1.54, 1.807) is 14.1 Å². The third-order valence-corrected chi connectivity index (χ3v) is 2.75. The molecule has 0 saturated heterocycles. The fraction of sp³-hybridized carbons (Fsp3) is 0.600. The molecule has 1 aliphatic rings. The van der Waals surface area contributed by atoms with Crippen molar-refractivity contribution >= 4 is 23.7 Å². The SMILES string of the molecule is CC1N=C(N(C)C)N(N)C(C(O)(C(=O)O)C(O)C(=O)O)=N1. The van der Waals surface area contributed by atoms with E-state index in [1.165, 1.54) is 11.8 Å². The molecule has 0 aromatic rings. The summed E-state index contributed by atoms with van der Waals surface area (Å²) < 4.78 is 0. The van der Waals surface area contributed by atoms with Gasteiger partial charge < -0.3 is 25.3 Å². The average Bonchev–Trinajstić information content (AvgIpc) is 2.38. The van der Waals surface area contributed by atoms with Crippen molar-refractivity contribution < 1.29 is 30.0 Å². The summed E-state index contributed by atoms with van der Waals surface area (Å²) in [4.78, 5) is 31.3. The summed E-state index contributed by atoms with van der Waals surface area (Å²) in [5, 5.41) is 38.3. The molecule has 3 atom stereocenters. The predicted octanol–water partition coefficient (Wildman–Crippen LogP) is -2.90. The molecular weight excluding hydrogens is 286 g/mol. The molecule has 1 heterocycles. The van der Waals surface area contributed by atoms with E-state index in [-0.39, 0.29) is 5.96 Å². The molecule has 0 aromatic heterocycles. The molecule has 0 spiro atoms. The quantitative estimate of drug-likeness (QED) is 0.341. The average molecular weight is 303 g/mol. The molecule has 11 heteroatoms. The molecule has 0 amide bonds. The maximum absolute atomic E-state index is 11.3. The highest BCUT2D eigenvalue weighted by atomic mass is 16.4. The smallest absolute Gasteiger partial charge is 0.347 e. The van der Waals surface area contributed by atoms with Crippen molar-refractivity contribution in [2.75, 3.05) is 14.1 Å². The zero-order valence-electron chi connectivity index (χ0n) is 11.6. The summed E-state index contributed by atoms with van der Waals surface area (Å²) in [6.07, 6.45) is -3.47. The maximum Gasteiger partial charge on any atom is 0.347 e. The molecule has 1 rings (SSSR count). The van der Waals surface area contributed by atoms with Gasteiger partial charge in [0.25, 0.3) is 5.60 Å². The van der Waals surface area contributed by atoms with Gasteiger partial charge in [-0.15, -0.1) is 0 Å². The standard InChI is InChI=1S/C10H17N5O6/c1-4-12-7(15(11)9(13-4)14(2)3)10(21,8(19)20)5(16)6(17)18/h4-5,16,21H,11H2,1-3H3,(H,17,18)(H,19,20). The molecule has 118 valence electrons. The monoisotopic (exact) mass is 303 g/mol. The van der Waals surface area contributed by atoms with Gasteiger partial charge in [-0.05, 0) is 6.92 Å². The number of aliphatic hydroxyl groups is 2. The number of nitrogens with two attached hydrogens (primary N) is 1. The molecule has 0 saturated carbocycles. The second-order valence-electron chi connectivity index (χ2n) is 4.59.